The van der Waals surface area contributed by atoms with Gasteiger partial charge in [-0.3, -0.25) is 14.8 Å². The Balaban J connectivity index is 1.81. The SMILES string of the molecule is CS(=O)(=O)c1ncccc1N(Cc1ccc2ncc(N)nc2c1)C(=O)c1ccc(C(F)(F)F)nc1. The standard InChI is InChI=1S/C22H17F3N6O3S/c1-35(33,34)20-17(3-2-8-27-20)31(21(32)14-5-7-18(29-10-14)22(23,24)25)12-13-4-6-15-16(9-13)30-19(26)11-28-15/h2-11H,12H2,1H3,(H2,26,30). The van der Waals surface area contributed by atoms with Crippen LogP contribution in [-0.4, -0.2) is 40.5 Å². The van der Waals surface area contributed by atoms with Gasteiger partial charge >= 0.3 is 6.18 Å². The Labute approximate surface area is 197 Å². The van der Waals surface area contributed by atoms with E-state index in [0.717, 1.165) is 23.4 Å². The number of benzene rings is 1. The number of sulfone groups is 1. The van der Waals surface area contributed by atoms with E-state index >= 15 is 0 Å². The molecular formula is C22H17F3N6O3S. The normalized spacial score (nSPS) is 12.0. The average Bonchev–Trinajstić information content (AvgIpc) is 2.81. The van der Waals surface area contributed by atoms with Crippen molar-refractivity contribution in [3.63, 3.8) is 0 Å². The molecule has 0 saturated carbocycles. The number of halogens is 3. The molecule has 4 rings (SSSR count). The van der Waals surface area contributed by atoms with Crippen LogP contribution in [-0.2, 0) is 22.6 Å². The van der Waals surface area contributed by atoms with Gasteiger partial charge < -0.3 is 10.6 Å². The number of carbonyl (C=O) groups excluding carboxylic acids is 1. The molecule has 3 heterocycles. The highest BCUT2D eigenvalue weighted by Crippen LogP contribution is 2.29. The Bertz CT molecular complexity index is 1530. The molecule has 4 aromatic rings. The third kappa shape index (κ3) is 5.19. The third-order valence-corrected chi connectivity index (χ3v) is 5.92. The van der Waals surface area contributed by atoms with E-state index in [1.807, 2.05) is 0 Å². The van der Waals surface area contributed by atoms with E-state index in [0.29, 0.717) is 22.7 Å². The molecule has 13 heteroatoms. The van der Waals surface area contributed by atoms with Gasteiger partial charge in [0.25, 0.3) is 5.91 Å². The van der Waals surface area contributed by atoms with E-state index < -0.39 is 27.6 Å². The lowest BCUT2D eigenvalue weighted by Gasteiger charge is -2.24. The second-order valence-corrected chi connectivity index (χ2v) is 9.47. The van der Waals surface area contributed by atoms with Crippen molar-refractivity contribution in [3.05, 3.63) is 77.9 Å². The van der Waals surface area contributed by atoms with Crippen molar-refractivity contribution in [3.8, 4) is 0 Å². The van der Waals surface area contributed by atoms with Gasteiger partial charge in [-0.2, -0.15) is 13.2 Å². The van der Waals surface area contributed by atoms with E-state index in [1.165, 1.54) is 24.5 Å². The zero-order valence-electron chi connectivity index (χ0n) is 18.1. The summed E-state index contributed by atoms with van der Waals surface area (Å²) in [4.78, 5) is 30.2. The average molecular weight is 502 g/mol. The second-order valence-electron chi connectivity index (χ2n) is 7.54. The minimum atomic E-state index is -4.68. The zero-order chi connectivity index (χ0) is 25.4. The highest BCUT2D eigenvalue weighted by molar-refractivity contribution is 7.90. The van der Waals surface area contributed by atoms with E-state index in [9.17, 15) is 26.4 Å². The predicted molar refractivity (Wildman–Crippen MR) is 121 cm³/mol. The van der Waals surface area contributed by atoms with Gasteiger partial charge in [-0.05, 0) is 42.0 Å². The fourth-order valence-corrected chi connectivity index (χ4v) is 4.15. The molecule has 1 amide bonds. The molecule has 0 unspecified atom stereocenters. The number of nitrogens with zero attached hydrogens (tertiary/aromatic N) is 5. The van der Waals surface area contributed by atoms with Crippen molar-refractivity contribution in [2.45, 2.75) is 17.7 Å². The van der Waals surface area contributed by atoms with Gasteiger partial charge in [0, 0.05) is 18.6 Å². The summed E-state index contributed by atoms with van der Waals surface area (Å²) in [6.07, 6.45) is -0.293. The van der Waals surface area contributed by atoms with Gasteiger partial charge in [-0.25, -0.2) is 18.4 Å². The lowest BCUT2D eigenvalue weighted by atomic mass is 10.1. The number of hydrogen-bond acceptors (Lipinski definition) is 8. The maximum Gasteiger partial charge on any atom is 0.433 e. The zero-order valence-corrected chi connectivity index (χ0v) is 18.9. The molecule has 0 aliphatic carbocycles. The molecule has 2 N–H and O–H groups in total. The number of nitrogens with two attached hydrogens (primary N) is 1. The molecular weight excluding hydrogens is 485 g/mol. The molecule has 0 radical (unpaired) electrons. The minimum absolute atomic E-state index is 0.0429. The van der Waals surface area contributed by atoms with Gasteiger partial charge in [0.15, 0.2) is 14.9 Å². The maximum absolute atomic E-state index is 13.4. The number of hydrogen-bond donors (Lipinski definition) is 1. The highest BCUT2D eigenvalue weighted by atomic mass is 32.2. The van der Waals surface area contributed by atoms with E-state index in [-0.39, 0.29) is 28.6 Å². The van der Waals surface area contributed by atoms with Crippen LogP contribution in [0.3, 0.4) is 0 Å². The second kappa shape index (κ2) is 8.91. The van der Waals surface area contributed by atoms with Crippen LogP contribution in [0.25, 0.3) is 11.0 Å². The molecule has 0 aliphatic heterocycles. The Morgan fingerprint density at radius 2 is 1.80 bits per heavy atom. The van der Waals surface area contributed by atoms with Crippen LogP contribution in [0.1, 0.15) is 21.6 Å². The lowest BCUT2D eigenvalue weighted by Crippen LogP contribution is -2.32. The number of rotatable bonds is 5. The first kappa shape index (κ1) is 24.0. The van der Waals surface area contributed by atoms with E-state index in [4.69, 9.17) is 5.73 Å². The number of amides is 1. The highest BCUT2D eigenvalue weighted by Gasteiger charge is 2.33. The summed E-state index contributed by atoms with van der Waals surface area (Å²) in [5.74, 6) is -0.590. The summed E-state index contributed by atoms with van der Waals surface area (Å²) in [6.45, 7) is -0.152. The van der Waals surface area contributed by atoms with Crippen LogP contribution in [0, 0.1) is 0 Å². The van der Waals surface area contributed by atoms with E-state index in [2.05, 4.69) is 19.9 Å². The molecule has 9 nitrogen and oxygen atoms in total. The Hall–Kier alpha value is -4.13. The topological polar surface area (TPSA) is 132 Å². The van der Waals surface area contributed by atoms with Crippen LogP contribution in [0.4, 0.5) is 24.7 Å². The van der Waals surface area contributed by atoms with Gasteiger partial charge in [0.1, 0.15) is 11.5 Å². The summed E-state index contributed by atoms with van der Waals surface area (Å²) in [5, 5.41) is -0.363. The quantitative estimate of drug-likeness (QED) is 0.440. The van der Waals surface area contributed by atoms with Crippen molar-refractivity contribution in [1.29, 1.82) is 0 Å². The summed E-state index contributed by atoms with van der Waals surface area (Å²) in [6, 6.07) is 9.43. The number of nitrogen functional groups attached to an aromatic ring is 1. The molecule has 180 valence electrons. The monoisotopic (exact) mass is 502 g/mol. The predicted octanol–water partition coefficient (Wildman–Crippen LogP) is 3.27. The van der Waals surface area contributed by atoms with Gasteiger partial charge in [-0.1, -0.05) is 6.07 Å². The van der Waals surface area contributed by atoms with Gasteiger partial charge in [0.2, 0.25) is 0 Å². The van der Waals surface area contributed by atoms with Crippen molar-refractivity contribution < 1.29 is 26.4 Å². The third-order valence-electron chi connectivity index (χ3n) is 4.91. The molecule has 0 spiro atoms. The van der Waals surface area contributed by atoms with Crippen molar-refractivity contribution in [1.82, 2.24) is 19.9 Å². The molecule has 0 aliphatic rings. The van der Waals surface area contributed by atoms with Crippen LogP contribution in [0.2, 0.25) is 0 Å². The first-order valence-corrected chi connectivity index (χ1v) is 11.8. The van der Waals surface area contributed by atoms with Gasteiger partial charge in [-0.15, -0.1) is 0 Å². The smallest absolute Gasteiger partial charge is 0.382 e. The summed E-state index contributed by atoms with van der Waals surface area (Å²) >= 11 is 0. The summed E-state index contributed by atoms with van der Waals surface area (Å²) < 4.78 is 63.5. The van der Waals surface area contributed by atoms with E-state index in [1.54, 1.807) is 18.2 Å². The van der Waals surface area contributed by atoms with Crippen LogP contribution in [0.5, 0.6) is 0 Å². The fraction of sp³-hybridized carbons (Fsp3) is 0.136. The molecule has 0 atom stereocenters. The van der Waals surface area contributed by atoms with Crippen molar-refractivity contribution in [2.75, 3.05) is 16.9 Å². The minimum Gasteiger partial charge on any atom is -0.382 e. The van der Waals surface area contributed by atoms with Crippen molar-refractivity contribution >= 4 is 38.3 Å². The molecule has 0 saturated heterocycles. The number of anilines is 2. The van der Waals surface area contributed by atoms with Gasteiger partial charge in [0.05, 0.1) is 35.0 Å². The van der Waals surface area contributed by atoms with Crippen LogP contribution < -0.4 is 10.6 Å². The first-order chi connectivity index (χ1) is 16.4. The number of alkyl halides is 3. The molecule has 1 aromatic carbocycles. The Kier molecular flexibility index (Phi) is 6.11. The number of pyridine rings is 2. The Morgan fingerprint density at radius 3 is 2.46 bits per heavy atom. The van der Waals surface area contributed by atoms with Crippen LogP contribution in [0.15, 0.2) is 66.1 Å². The molecule has 0 bridgehead atoms. The fourth-order valence-electron chi connectivity index (χ4n) is 3.34. The number of carbonyl (C=O) groups is 1. The molecule has 35 heavy (non-hydrogen) atoms. The maximum atomic E-state index is 13.4. The summed E-state index contributed by atoms with van der Waals surface area (Å²) in [7, 11) is -3.86. The number of aromatic nitrogens is 4. The summed E-state index contributed by atoms with van der Waals surface area (Å²) in [5.41, 5.74) is 5.85. The largest absolute Gasteiger partial charge is 0.433 e. The molecule has 3 aromatic heterocycles. The molecule has 0 fully saturated rings. The van der Waals surface area contributed by atoms with Crippen molar-refractivity contribution in [2.24, 2.45) is 0 Å². The number of fused-ring (bicyclic) bond motifs is 1. The first-order valence-electron chi connectivity index (χ1n) is 9.95. The lowest BCUT2D eigenvalue weighted by molar-refractivity contribution is -0.141. The Morgan fingerprint density at radius 1 is 1.03 bits per heavy atom. The van der Waals surface area contributed by atoms with Crippen LogP contribution >= 0.6 is 0 Å².